The molecule has 0 radical (unpaired) electrons. The van der Waals surface area contributed by atoms with Gasteiger partial charge in [0.25, 0.3) is 0 Å². The van der Waals surface area contributed by atoms with Crippen LogP contribution in [0.1, 0.15) is 11.1 Å². The molecule has 5 aromatic rings. The van der Waals surface area contributed by atoms with E-state index in [0.29, 0.717) is 0 Å². The molecule has 0 atom stereocenters. The van der Waals surface area contributed by atoms with Crippen LogP contribution in [0.25, 0.3) is 44.3 Å². The molecule has 0 fully saturated rings. The van der Waals surface area contributed by atoms with Crippen LogP contribution in [0.4, 0.5) is 0 Å². The summed E-state index contributed by atoms with van der Waals surface area (Å²) >= 11 is 0. The number of rotatable bonds is 1. The van der Waals surface area contributed by atoms with Gasteiger partial charge in [0.1, 0.15) is 5.69 Å². The molecule has 1 N–H and O–H groups in total. The van der Waals surface area contributed by atoms with Crippen molar-refractivity contribution in [3.63, 3.8) is 0 Å². The summed E-state index contributed by atoms with van der Waals surface area (Å²) in [5.41, 5.74) is 9.13. The molecule has 0 unspecified atom stereocenters. The van der Waals surface area contributed by atoms with Gasteiger partial charge < -0.3 is 4.98 Å². The lowest BCUT2D eigenvalue weighted by atomic mass is 9.95. The summed E-state index contributed by atoms with van der Waals surface area (Å²) in [5.74, 6) is 0. The molecule has 6 rings (SSSR count). The van der Waals surface area contributed by atoms with E-state index in [1.807, 2.05) is 0 Å². The molecule has 0 saturated carbocycles. The predicted octanol–water partition coefficient (Wildman–Crippen LogP) is 5.81. The number of nitrogens with zero attached hydrogens (tertiary/aromatic N) is 1. The van der Waals surface area contributed by atoms with Crippen LogP contribution in [-0.2, 0) is 13.0 Å². The minimum atomic E-state index is 0.998. The van der Waals surface area contributed by atoms with Crippen molar-refractivity contribution >= 4 is 21.7 Å². The van der Waals surface area contributed by atoms with Crippen molar-refractivity contribution in [2.24, 2.45) is 0 Å². The molecule has 2 aromatic heterocycles. The molecule has 1 aliphatic rings. The summed E-state index contributed by atoms with van der Waals surface area (Å²) in [4.78, 5) is 3.73. The zero-order chi connectivity index (χ0) is 18.7. The zero-order valence-electron chi connectivity index (χ0n) is 15.9. The lowest BCUT2D eigenvalue weighted by molar-refractivity contribution is -0.675. The Balaban J connectivity index is 1.75. The number of pyridine rings is 1. The first-order valence-corrected chi connectivity index (χ1v) is 9.92. The lowest BCUT2D eigenvalue weighted by Crippen LogP contribution is -2.42. The van der Waals surface area contributed by atoms with Gasteiger partial charge in [0.05, 0.1) is 5.39 Å². The van der Waals surface area contributed by atoms with Crippen molar-refractivity contribution < 1.29 is 4.57 Å². The summed E-state index contributed by atoms with van der Waals surface area (Å²) in [6, 6.07) is 28.6. The third-order valence-electron chi connectivity index (χ3n) is 6.02. The number of nitrogens with one attached hydrogen (secondary N) is 1. The second-order valence-electron chi connectivity index (χ2n) is 7.76. The van der Waals surface area contributed by atoms with Crippen LogP contribution in [0.3, 0.4) is 0 Å². The molecule has 2 heteroatoms. The van der Waals surface area contributed by atoms with Crippen LogP contribution in [0.5, 0.6) is 0 Å². The number of aromatic amines is 1. The molecular formula is C26H21N2+. The second-order valence-corrected chi connectivity index (χ2v) is 7.76. The molecule has 0 saturated heterocycles. The molecule has 3 heterocycles. The topological polar surface area (TPSA) is 19.7 Å². The number of H-pyrrole nitrogens is 1. The highest BCUT2D eigenvalue weighted by atomic mass is 15.0. The lowest BCUT2D eigenvalue weighted by Gasteiger charge is -2.17. The Morgan fingerprint density at radius 1 is 0.821 bits per heavy atom. The number of hydrogen-bond acceptors (Lipinski definition) is 0. The summed E-state index contributed by atoms with van der Waals surface area (Å²) in [6.45, 7) is 3.16. The van der Waals surface area contributed by atoms with E-state index in [4.69, 9.17) is 0 Å². The van der Waals surface area contributed by atoms with Crippen molar-refractivity contribution in [1.29, 1.82) is 0 Å². The van der Waals surface area contributed by atoms with Crippen molar-refractivity contribution in [3.05, 3.63) is 90.0 Å². The highest BCUT2D eigenvalue weighted by Crippen LogP contribution is 2.37. The van der Waals surface area contributed by atoms with Crippen LogP contribution >= 0.6 is 0 Å². The summed E-state index contributed by atoms with van der Waals surface area (Å²) < 4.78 is 2.51. The minimum absolute atomic E-state index is 0.998. The van der Waals surface area contributed by atoms with E-state index in [1.165, 1.54) is 55.4 Å². The Bertz CT molecular complexity index is 1370. The molecule has 0 amide bonds. The molecule has 1 aliphatic heterocycles. The highest BCUT2D eigenvalue weighted by molar-refractivity contribution is 5.99. The fourth-order valence-electron chi connectivity index (χ4n) is 4.76. The van der Waals surface area contributed by atoms with Crippen LogP contribution in [0.15, 0.2) is 78.9 Å². The van der Waals surface area contributed by atoms with Gasteiger partial charge in [-0.05, 0) is 42.1 Å². The normalized spacial score (nSPS) is 12.9. The summed E-state index contributed by atoms with van der Waals surface area (Å²) in [7, 11) is 0. The first-order valence-electron chi connectivity index (χ1n) is 9.92. The summed E-state index contributed by atoms with van der Waals surface area (Å²) in [5, 5.41) is 3.96. The Kier molecular flexibility index (Phi) is 3.24. The van der Waals surface area contributed by atoms with E-state index in [-0.39, 0.29) is 0 Å². The van der Waals surface area contributed by atoms with Gasteiger partial charge in [0.2, 0.25) is 11.4 Å². The number of aromatic nitrogens is 2. The van der Waals surface area contributed by atoms with Crippen LogP contribution in [0.2, 0.25) is 0 Å². The van der Waals surface area contributed by atoms with Crippen molar-refractivity contribution in [3.8, 4) is 22.6 Å². The maximum atomic E-state index is 3.73. The summed E-state index contributed by atoms with van der Waals surface area (Å²) in [6.07, 6.45) is 1.05. The van der Waals surface area contributed by atoms with E-state index < -0.39 is 0 Å². The van der Waals surface area contributed by atoms with E-state index >= 15 is 0 Å². The van der Waals surface area contributed by atoms with Crippen molar-refractivity contribution in [1.82, 2.24) is 4.98 Å². The number of fused-ring (bicyclic) bond motifs is 7. The van der Waals surface area contributed by atoms with Gasteiger partial charge in [-0.15, -0.1) is 0 Å². The van der Waals surface area contributed by atoms with Gasteiger partial charge >= 0.3 is 0 Å². The van der Waals surface area contributed by atoms with Crippen LogP contribution in [-0.4, -0.2) is 4.98 Å². The number of aryl methyl sites for hydroxylation is 2. The second kappa shape index (κ2) is 5.80. The maximum absolute atomic E-state index is 3.73. The Morgan fingerprint density at radius 2 is 1.64 bits per heavy atom. The fraction of sp³-hybridized carbons (Fsp3) is 0.115. The third-order valence-corrected chi connectivity index (χ3v) is 6.02. The number of para-hydroxylation sites is 1. The Hall–Kier alpha value is -3.39. The zero-order valence-corrected chi connectivity index (χ0v) is 15.9. The SMILES string of the molecule is Cc1cccc(-c2cc3ccccc3c3[n+]2CCc2c-3[nH]c3ccccc23)c1. The Morgan fingerprint density at radius 3 is 2.54 bits per heavy atom. The fourth-order valence-corrected chi connectivity index (χ4v) is 4.76. The third kappa shape index (κ3) is 2.18. The van der Waals surface area contributed by atoms with E-state index in [1.54, 1.807) is 0 Å². The van der Waals surface area contributed by atoms with E-state index in [9.17, 15) is 0 Å². The average molecular weight is 361 g/mol. The van der Waals surface area contributed by atoms with Gasteiger partial charge in [-0.1, -0.05) is 54.1 Å². The first kappa shape index (κ1) is 15.6. The largest absolute Gasteiger partial charge is 0.349 e. The van der Waals surface area contributed by atoms with Crippen molar-refractivity contribution in [2.45, 2.75) is 19.9 Å². The van der Waals surface area contributed by atoms with E-state index in [2.05, 4.69) is 95.3 Å². The predicted molar refractivity (Wildman–Crippen MR) is 115 cm³/mol. The van der Waals surface area contributed by atoms with Crippen LogP contribution in [0, 0.1) is 6.92 Å². The molecule has 0 spiro atoms. The van der Waals surface area contributed by atoms with Crippen molar-refractivity contribution in [2.75, 3.05) is 0 Å². The molecule has 0 bridgehead atoms. The van der Waals surface area contributed by atoms with Gasteiger partial charge in [0, 0.05) is 29.0 Å². The maximum Gasteiger partial charge on any atom is 0.237 e. The molecule has 28 heavy (non-hydrogen) atoms. The van der Waals surface area contributed by atoms with E-state index in [0.717, 1.165) is 13.0 Å². The minimum Gasteiger partial charge on any atom is -0.349 e. The van der Waals surface area contributed by atoms with Gasteiger partial charge in [-0.3, -0.25) is 0 Å². The average Bonchev–Trinajstić information content (AvgIpc) is 3.12. The smallest absolute Gasteiger partial charge is 0.237 e. The van der Waals surface area contributed by atoms with Crippen LogP contribution < -0.4 is 4.57 Å². The monoisotopic (exact) mass is 361 g/mol. The molecule has 3 aromatic carbocycles. The molecule has 0 aliphatic carbocycles. The molecular weight excluding hydrogens is 340 g/mol. The highest BCUT2D eigenvalue weighted by Gasteiger charge is 2.31. The first-order chi connectivity index (χ1) is 13.8. The van der Waals surface area contributed by atoms with Gasteiger partial charge in [-0.25, -0.2) is 0 Å². The van der Waals surface area contributed by atoms with Gasteiger partial charge in [0.15, 0.2) is 6.54 Å². The quantitative estimate of drug-likeness (QED) is 0.364. The number of hydrogen-bond donors (Lipinski definition) is 1. The Labute approximate surface area is 164 Å². The molecule has 2 nitrogen and oxygen atoms in total. The molecule has 134 valence electrons. The van der Waals surface area contributed by atoms with Gasteiger partial charge in [-0.2, -0.15) is 4.57 Å². The number of benzene rings is 3. The standard InChI is InChI=1S/C26H20N2/c1-17-7-6-9-19(15-17)24-16-18-8-2-3-10-20(18)26-25-22(13-14-28(24)26)21-11-4-5-12-23(21)27-25/h2-12,15-16H,13-14H2,1H3/p+1.